The average molecular weight is 629 g/mol. The summed E-state index contributed by atoms with van der Waals surface area (Å²) in [5.41, 5.74) is 14.8. The first-order valence-electron chi connectivity index (χ1n) is 18.5. The van der Waals surface area contributed by atoms with Gasteiger partial charge in [0, 0.05) is 33.6 Å². The Morgan fingerprint density at radius 1 is 0.792 bits per heavy atom. The summed E-state index contributed by atoms with van der Waals surface area (Å²) >= 11 is 0. The van der Waals surface area contributed by atoms with Crippen LogP contribution in [-0.4, -0.2) is 17.0 Å². The zero-order chi connectivity index (χ0) is 32.5. The number of para-hydroxylation sites is 1. The second-order valence-corrected chi connectivity index (χ2v) is 15.6. The maximum Gasteiger partial charge on any atom is 0.0610 e. The van der Waals surface area contributed by atoms with Gasteiger partial charge in [-0.1, -0.05) is 112 Å². The Kier molecular flexibility index (Phi) is 7.08. The summed E-state index contributed by atoms with van der Waals surface area (Å²) in [4.78, 5) is 5.31. The van der Waals surface area contributed by atoms with Crippen molar-refractivity contribution in [2.24, 2.45) is 5.41 Å². The predicted molar refractivity (Wildman–Crippen MR) is 201 cm³/mol. The molecule has 0 aromatic heterocycles. The van der Waals surface area contributed by atoms with Gasteiger partial charge in [0.1, 0.15) is 0 Å². The number of hydrogen-bond donors (Lipinski definition) is 0. The molecule has 1 heterocycles. The molecular formula is C46H48N2. The summed E-state index contributed by atoms with van der Waals surface area (Å²) in [6.45, 7) is 7.36. The second kappa shape index (κ2) is 11.4. The van der Waals surface area contributed by atoms with Crippen LogP contribution in [0, 0.1) is 5.41 Å². The van der Waals surface area contributed by atoms with Crippen molar-refractivity contribution in [3.8, 4) is 0 Å². The van der Waals surface area contributed by atoms with Gasteiger partial charge in [-0.3, -0.25) is 0 Å². The van der Waals surface area contributed by atoms with E-state index in [0.717, 1.165) is 12.8 Å². The summed E-state index contributed by atoms with van der Waals surface area (Å²) in [7, 11) is 0. The molecule has 0 spiro atoms. The highest BCUT2D eigenvalue weighted by Crippen LogP contribution is 2.58. The monoisotopic (exact) mass is 628 g/mol. The van der Waals surface area contributed by atoms with Gasteiger partial charge in [0.2, 0.25) is 0 Å². The van der Waals surface area contributed by atoms with Crippen molar-refractivity contribution < 1.29 is 0 Å². The van der Waals surface area contributed by atoms with E-state index in [1.807, 2.05) is 0 Å². The summed E-state index contributed by atoms with van der Waals surface area (Å²) in [5, 5.41) is 0. The Balaban J connectivity index is 1.02. The van der Waals surface area contributed by atoms with E-state index in [1.165, 1.54) is 83.4 Å². The van der Waals surface area contributed by atoms with E-state index >= 15 is 0 Å². The largest absolute Gasteiger partial charge is 0.338 e. The zero-order valence-electron chi connectivity index (χ0n) is 28.8. The van der Waals surface area contributed by atoms with Crippen molar-refractivity contribution in [2.45, 2.75) is 95.6 Å². The molecule has 2 heteroatoms. The van der Waals surface area contributed by atoms with Gasteiger partial charge in [-0.05, 0) is 121 Å². The lowest BCUT2D eigenvalue weighted by molar-refractivity contribution is 0.229. The molecule has 6 aliphatic rings. The Hall–Kier alpha value is -4.30. The van der Waals surface area contributed by atoms with Gasteiger partial charge in [0.25, 0.3) is 0 Å². The number of anilines is 2. The van der Waals surface area contributed by atoms with Crippen LogP contribution < -0.4 is 4.90 Å². The molecule has 4 unspecified atom stereocenters. The highest BCUT2D eigenvalue weighted by molar-refractivity contribution is 5.91. The fourth-order valence-electron chi connectivity index (χ4n) is 10.1. The van der Waals surface area contributed by atoms with E-state index in [2.05, 4.69) is 152 Å². The lowest BCUT2D eigenvalue weighted by atomic mass is 9.67. The zero-order valence-corrected chi connectivity index (χ0v) is 28.8. The summed E-state index contributed by atoms with van der Waals surface area (Å²) in [6, 6.07) is 30.5. The van der Waals surface area contributed by atoms with Crippen LogP contribution in [0.2, 0.25) is 0 Å². The average Bonchev–Trinajstić information content (AvgIpc) is 3.53. The van der Waals surface area contributed by atoms with Crippen molar-refractivity contribution in [2.75, 3.05) is 4.90 Å². The van der Waals surface area contributed by atoms with Crippen molar-refractivity contribution >= 4 is 16.9 Å². The van der Waals surface area contributed by atoms with Crippen LogP contribution in [0.3, 0.4) is 0 Å². The minimum atomic E-state index is 0.00519. The van der Waals surface area contributed by atoms with Gasteiger partial charge in [0.15, 0.2) is 0 Å². The molecule has 1 aliphatic heterocycles. The Labute approximate surface area is 287 Å². The molecule has 0 amide bonds. The fraction of sp³-hybridized carbons (Fsp3) is 0.348. The van der Waals surface area contributed by atoms with Gasteiger partial charge in [-0.15, -0.1) is 0 Å². The van der Waals surface area contributed by atoms with Gasteiger partial charge in [-0.2, -0.15) is 0 Å². The molecule has 3 aromatic carbocycles. The summed E-state index contributed by atoms with van der Waals surface area (Å²) in [6.07, 6.45) is 26.6. The molecular weight excluding hydrogens is 581 g/mol. The van der Waals surface area contributed by atoms with Crippen LogP contribution in [0.5, 0.6) is 0 Å². The first kappa shape index (κ1) is 29.8. The molecule has 4 atom stereocenters. The number of rotatable bonds is 5. The molecule has 242 valence electrons. The third kappa shape index (κ3) is 4.59. The van der Waals surface area contributed by atoms with E-state index in [9.17, 15) is 0 Å². The minimum absolute atomic E-state index is 0.00519. The van der Waals surface area contributed by atoms with E-state index < -0.39 is 0 Å². The first-order chi connectivity index (χ1) is 23.4. The predicted octanol–water partition coefficient (Wildman–Crippen LogP) is 11.7. The van der Waals surface area contributed by atoms with Gasteiger partial charge < -0.3 is 9.80 Å². The van der Waals surface area contributed by atoms with E-state index in [4.69, 9.17) is 0 Å². The standard InChI is InChI=1S/C46H48N2/c1-45(2)40-19-11-10-18-38(40)39-27-26-37(31-41(39)45)47(34-14-6-4-7-15-34)36-24-21-32(22-25-36)33-23-28-43-42(30-33)46(3)29-13-12-20-44(46)48(43)35-16-8-5-9-17-35/h4,6-8,10-12,14-22,24-25,27,31,33,37,44H,5,9,13,23,26,28-30H2,1-3H3. The molecule has 48 heavy (non-hydrogen) atoms. The number of hydrogen-bond acceptors (Lipinski definition) is 2. The molecule has 0 bridgehead atoms. The molecule has 3 aromatic rings. The first-order valence-corrected chi connectivity index (χ1v) is 18.5. The number of fused-ring (bicyclic) bond motifs is 5. The third-order valence-electron chi connectivity index (χ3n) is 12.6. The van der Waals surface area contributed by atoms with Crippen LogP contribution in [0.4, 0.5) is 11.4 Å². The van der Waals surface area contributed by atoms with Crippen LogP contribution in [0.1, 0.15) is 94.7 Å². The quantitative estimate of drug-likeness (QED) is 0.259. The van der Waals surface area contributed by atoms with E-state index in [0.29, 0.717) is 12.0 Å². The van der Waals surface area contributed by atoms with Crippen LogP contribution in [0.25, 0.3) is 5.57 Å². The van der Waals surface area contributed by atoms with Crippen LogP contribution in [-0.2, 0) is 5.41 Å². The molecule has 0 saturated carbocycles. The summed E-state index contributed by atoms with van der Waals surface area (Å²) in [5.74, 6) is 0.572. The highest BCUT2D eigenvalue weighted by atomic mass is 15.2. The van der Waals surface area contributed by atoms with Crippen LogP contribution in [0.15, 0.2) is 144 Å². The minimum Gasteiger partial charge on any atom is -0.338 e. The second-order valence-electron chi connectivity index (χ2n) is 15.6. The Morgan fingerprint density at radius 3 is 2.40 bits per heavy atom. The van der Waals surface area contributed by atoms with Crippen molar-refractivity contribution in [3.63, 3.8) is 0 Å². The lowest BCUT2D eigenvalue weighted by Crippen LogP contribution is -2.39. The van der Waals surface area contributed by atoms with Gasteiger partial charge in [0.05, 0.1) is 12.1 Å². The number of benzene rings is 3. The number of allylic oxidation sites excluding steroid dienone is 7. The van der Waals surface area contributed by atoms with E-state index in [1.54, 1.807) is 11.3 Å². The molecule has 0 radical (unpaired) electrons. The highest BCUT2D eigenvalue weighted by Gasteiger charge is 2.51. The molecule has 9 rings (SSSR count). The summed E-state index contributed by atoms with van der Waals surface area (Å²) < 4.78 is 0. The van der Waals surface area contributed by atoms with Gasteiger partial charge in [-0.25, -0.2) is 0 Å². The fourth-order valence-corrected chi connectivity index (χ4v) is 10.1. The normalized spacial score (nSPS) is 28.2. The number of nitrogens with zero attached hydrogens (tertiary/aromatic N) is 2. The van der Waals surface area contributed by atoms with Crippen molar-refractivity contribution in [3.05, 3.63) is 161 Å². The molecule has 0 N–H and O–H groups in total. The molecule has 5 aliphatic carbocycles. The molecule has 0 saturated heterocycles. The Bertz CT molecular complexity index is 1930. The Morgan fingerprint density at radius 2 is 1.58 bits per heavy atom. The van der Waals surface area contributed by atoms with Gasteiger partial charge >= 0.3 is 0 Å². The molecule has 0 fully saturated rings. The van der Waals surface area contributed by atoms with Crippen molar-refractivity contribution in [1.29, 1.82) is 0 Å². The SMILES string of the molecule is CC1(C)C2=CC(N(c3ccccc3)c3ccc(C4CCC5=C(C4)C4(C)CCC=CC4N5C4=CCCC=C4)cc3)CC=C2c2ccccc21. The van der Waals surface area contributed by atoms with E-state index in [-0.39, 0.29) is 16.9 Å². The topological polar surface area (TPSA) is 6.48 Å². The maximum absolute atomic E-state index is 2.74. The van der Waals surface area contributed by atoms with Crippen LogP contribution >= 0.6 is 0 Å². The molecule has 2 nitrogen and oxygen atoms in total. The van der Waals surface area contributed by atoms with Crippen molar-refractivity contribution in [1.82, 2.24) is 4.90 Å². The third-order valence-corrected chi connectivity index (χ3v) is 12.6. The smallest absolute Gasteiger partial charge is 0.0610 e. The maximum atomic E-state index is 2.74. The lowest BCUT2D eigenvalue weighted by Gasteiger charge is -2.40.